The van der Waals surface area contributed by atoms with E-state index in [0.717, 1.165) is 35.8 Å². The van der Waals surface area contributed by atoms with E-state index in [2.05, 4.69) is 4.98 Å². The van der Waals surface area contributed by atoms with Gasteiger partial charge in [-0.05, 0) is 85.2 Å². The normalized spacial score (nSPS) is 20.4. The van der Waals surface area contributed by atoms with Crippen molar-refractivity contribution >= 4 is 17.7 Å². The molecule has 6 nitrogen and oxygen atoms in total. The van der Waals surface area contributed by atoms with Crippen molar-refractivity contribution in [1.82, 2.24) is 19.4 Å². The lowest BCUT2D eigenvalue weighted by atomic mass is 9.98. The molecule has 0 saturated carbocycles. The number of carbonyl (C=O) groups is 1. The Morgan fingerprint density at radius 3 is 2.35 bits per heavy atom. The Kier molecular flexibility index (Phi) is 5.86. The number of alkyl halides is 3. The fourth-order valence-corrected chi connectivity index (χ4v) is 5.40. The maximum Gasteiger partial charge on any atom is 0.416 e. The Morgan fingerprint density at radius 1 is 1.00 bits per heavy atom. The van der Waals surface area contributed by atoms with Gasteiger partial charge in [-0.2, -0.15) is 18.2 Å². The molecule has 3 aromatic carbocycles. The monoisotopic (exact) mass is 699 g/mol. The maximum atomic E-state index is 15.0. The summed E-state index contributed by atoms with van der Waals surface area (Å²) in [5.74, 6) is -2.61. The highest BCUT2D eigenvalue weighted by atomic mass is 32.2. The molecule has 1 aliphatic carbocycles. The van der Waals surface area contributed by atoms with Crippen molar-refractivity contribution in [3.8, 4) is 11.1 Å². The molecular formula is C37H40F4N4O2S. The summed E-state index contributed by atoms with van der Waals surface area (Å²) in [7, 11) is 0. The number of rotatable bonds is 13. The number of halogens is 4. The highest BCUT2D eigenvalue weighted by Crippen LogP contribution is 2.34. The third-order valence-electron chi connectivity index (χ3n) is 6.95. The molecule has 1 amide bonds. The van der Waals surface area contributed by atoms with Crippen molar-refractivity contribution in [3.05, 3.63) is 116 Å². The summed E-state index contributed by atoms with van der Waals surface area (Å²) in [4.78, 5) is 31.4. The summed E-state index contributed by atoms with van der Waals surface area (Å²) in [5, 5.41) is -0.583. The first kappa shape index (κ1) is 18.2. The van der Waals surface area contributed by atoms with Gasteiger partial charge in [-0.1, -0.05) is 74.0 Å². The summed E-state index contributed by atoms with van der Waals surface area (Å²) >= 11 is 0.216. The van der Waals surface area contributed by atoms with Gasteiger partial charge in [0.25, 0.3) is 5.56 Å². The number of carbonyl (C=O) groups excluding carboxylic acids is 1. The quantitative estimate of drug-likeness (QED) is 0.0821. The van der Waals surface area contributed by atoms with Crippen LogP contribution in [0.4, 0.5) is 17.6 Å². The Balaban J connectivity index is 1.83. The summed E-state index contributed by atoms with van der Waals surface area (Å²) in [5.41, 5.74) is -9.89. The van der Waals surface area contributed by atoms with Crippen LogP contribution in [0.15, 0.2) is 76.5 Å². The Morgan fingerprint density at radius 2 is 1.69 bits per heavy atom. The van der Waals surface area contributed by atoms with Gasteiger partial charge >= 0.3 is 6.18 Å². The van der Waals surface area contributed by atoms with Gasteiger partial charge in [0.15, 0.2) is 5.16 Å². The highest BCUT2D eigenvalue weighted by Gasteiger charge is 2.32. The molecule has 0 radical (unpaired) electrons. The van der Waals surface area contributed by atoms with E-state index in [4.69, 9.17) is 20.6 Å². The molecule has 0 bridgehead atoms. The zero-order valence-electron chi connectivity index (χ0n) is 44.7. The van der Waals surface area contributed by atoms with Crippen LogP contribution >= 0.6 is 11.8 Å². The number of amides is 1. The van der Waals surface area contributed by atoms with Gasteiger partial charge in [0, 0.05) is 47.4 Å². The topological polar surface area (TPSA) is 58.4 Å². The lowest BCUT2D eigenvalue weighted by Gasteiger charge is -2.28. The lowest BCUT2D eigenvalue weighted by Crippen LogP contribution is -2.40. The van der Waals surface area contributed by atoms with Gasteiger partial charge in [-0.15, -0.1) is 0 Å². The Hall–Kier alpha value is -3.96. The molecule has 4 aromatic rings. The third-order valence-corrected chi connectivity index (χ3v) is 7.78. The standard InChI is InChI=1S/C37H40F4N4O2S/c1-4-43(5-2)19-20-44(22-26-9-13-28(14-10-26)29-15-18-32(25(3)21-29)37(39,40)41)34(46)23-45-33-8-6-7-31(33)35(47)42-36(45)48-24-27-11-16-30(38)17-12-27/h9-18,21H,4-8,19-20,22-24H2,1-3H3/i4D2,5D2,9D,10D,13D,14D,15D,18D,19D2,20D2,21D,22D2,24D2. The third kappa shape index (κ3) is 8.54. The predicted octanol–water partition coefficient (Wildman–Crippen LogP) is 7.53. The summed E-state index contributed by atoms with van der Waals surface area (Å²) in [6.07, 6.45) is -4.94. The lowest BCUT2D eigenvalue weighted by molar-refractivity contribution is -0.138. The van der Waals surface area contributed by atoms with Gasteiger partial charge < -0.3 is 14.4 Å². The first-order valence-corrected chi connectivity index (χ1v) is 15.1. The number of likely N-dealkylation sites (N-methyl/N-ethyl adjacent to an activating group) is 1. The van der Waals surface area contributed by atoms with Crippen LogP contribution in [0.25, 0.3) is 11.1 Å². The first-order valence-electron chi connectivity index (χ1n) is 23.8. The molecule has 0 N–H and O–H groups in total. The Bertz CT molecular complexity index is 2640. The van der Waals surface area contributed by atoms with Crippen LogP contribution in [0.1, 0.15) is 79.8 Å². The summed E-state index contributed by atoms with van der Waals surface area (Å²) < 4.78 is 223. The molecule has 254 valence electrons. The van der Waals surface area contributed by atoms with Crippen LogP contribution < -0.4 is 5.56 Å². The molecule has 1 heterocycles. The highest BCUT2D eigenvalue weighted by molar-refractivity contribution is 7.98. The van der Waals surface area contributed by atoms with E-state index < -0.39 is 148 Å². The van der Waals surface area contributed by atoms with Gasteiger partial charge in [0.1, 0.15) is 12.4 Å². The molecule has 48 heavy (non-hydrogen) atoms. The zero-order valence-corrected chi connectivity index (χ0v) is 26.5. The van der Waals surface area contributed by atoms with Gasteiger partial charge in [-0.3, -0.25) is 9.59 Å². The molecule has 0 unspecified atom stereocenters. The van der Waals surface area contributed by atoms with E-state index in [-0.39, 0.29) is 52.7 Å². The van der Waals surface area contributed by atoms with Crippen LogP contribution in [0.2, 0.25) is 0 Å². The minimum absolute atomic E-state index is 0.00367. The van der Waals surface area contributed by atoms with E-state index >= 15 is 4.79 Å². The van der Waals surface area contributed by atoms with E-state index in [1.54, 1.807) is 0 Å². The molecule has 1 aromatic heterocycles. The number of aromatic nitrogens is 2. The number of hydrogen-bond acceptors (Lipinski definition) is 5. The largest absolute Gasteiger partial charge is 0.416 e. The number of fused-ring (bicyclic) bond motifs is 1. The minimum Gasteiger partial charge on any atom is -0.336 e. The van der Waals surface area contributed by atoms with Gasteiger partial charge in [0.05, 0.1) is 20.6 Å². The molecule has 0 atom stereocenters. The average Bonchev–Trinajstić information content (AvgIpc) is 3.65. The van der Waals surface area contributed by atoms with Crippen molar-refractivity contribution in [2.24, 2.45) is 0 Å². The van der Waals surface area contributed by atoms with E-state index in [9.17, 15) is 27.8 Å². The van der Waals surface area contributed by atoms with Crippen molar-refractivity contribution in [2.45, 2.75) is 70.1 Å². The van der Waals surface area contributed by atoms with Crippen molar-refractivity contribution < 1.29 is 48.4 Å². The summed E-state index contributed by atoms with van der Waals surface area (Å²) in [6, 6.07) is -5.81. The smallest absolute Gasteiger partial charge is 0.336 e. The second-order valence-corrected chi connectivity index (χ2v) is 10.9. The second kappa shape index (κ2) is 15.5. The number of nitrogens with zero attached hydrogens (tertiary/aromatic N) is 4. The van der Waals surface area contributed by atoms with E-state index in [1.165, 1.54) is 0 Å². The van der Waals surface area contributed by atoms with Crippen molar-refractivity contribution in [2.75, 3.05) is 26.0 Å². The molecule has 11 heteroatoms. The predicted molar refractivity (Wildman–Crippen MR) is 181 cm³/mol. The fourth-order valence-electron chi connectivity index (χ4n) is 4.65. The Labute approximate surface area is 309 Å². The van der Waals surface area contributed by atoms with Crippen LogP contribution in [-0.4, -0.2) is 51.2 Å². The molecular weight excluding hydrogens is 640 g/mol. The zero-order chi connectivity index (χ0) is 51.3. The molecule has 0 fully saturated rings. The molecule has 0 spiro atoms. The number of hydrogen-bond donors (Lipinski definition) is 0. The molecule has 0 saturated heterocycles. The summed E-state index contributed by atoms with van der Waals surface area (Å²) in [6.45, 7) is -18.4. The number of thioether (sulfide) groups is 1. The number of benzene rings is 3. The van der Waals surface area contributed by atoms with E-state index in [1.807, 2.05) is 0 Å². The van der Waals surface area contributed by atoms with Crippen molar-refractivity contribution in [1.29, 1.82) is 0 Å². The molecule has 0 aliphatic heterocycles. The van der Waals surface area contributed by atoms with Crippen LogP contribution in [-0.2, 0) is 42.6 Å². The second-order valence-electron chi connectivity index (χ2n) is 10.1. The van der Waals surface area contributed by atoms with Crippen LogP contribution in [0.3, 0.4) is 0 Å². The van der Waals surface area contributed by atoms with Crippen LogP contribution in [0.5, 0.6) is 0 Å². The SMILES string of the molecule is [2H]c1c([2H])c(C([2H])([2H])N(C(=O)Cn2c(SC([2H])([2H])c3ccc(F)cc3)nc(=O)c3c2CCC3)C([2H])([2H])C([2H])([2H])N(C([2H])([2H])C)C([2H])([2H])C)c([2H])c([2H])c1-c1c([2H])c([2H])c(C(F)(F)F)c(C)c1[2H]. The average molecular weight is 700 g/mol. The van der Waals surface area contributed by atoms with Crippen LogP contribution in [0, 0.1) is 12.7 Å². The van der Waals surface area contributed by atoms with Gasteiger partial charge in [0.2, 0.25) is 5.91 Å². The first-order chi connectivity index (χ1) is 30.3. The molecule has 1 aliphatic rings. The van der Waals surface area contributed by atoms with Gasteiger partial charge in [-0.25, -0.2) is 4.39 Å². The minimum atomic E-state index is -5.26. The van der Waals surface area contributed by atoms with E-state index in [0.29, 0.717) is 13.8 Å². The fraction of sp³-hybridized carbons (Fsp3) is 0.378. The van der Waals surface area contributed by atoms with Crippen molar-refractivity contribution in [3.63, 3.8) is 0 Å². The maximum absolute atomic E-state index is 15.0. The molecule has 5 rings (SSSR count).